The molecule has 29 heavy (non-hydrogen) atoms. The Hall–Kier alpha value is -2.29. The van der Waals surface area contributed by atoms with Crippen molar-refractivity contribution in [1.82, 2.24) is 4.90 Å². The number of anilines is 1. The second kappa shape index (κ2) is 10.5. The zero-order chi connectivity index (χ0) is 20.1. The van der Waals surface area contributed by atoms with Crippen LogP contribution in [0.5, 0.6) is 11.5 Å². The molecule has 1 aliphatic rings. The third-order valence-electron chi connectivity index (χ3n) is 4.60. The van der Waals surface area contributed by atoms with Crippen molar-refractivity contribution in [3.05, 3.63) is 40.3 Å². The third-order valence-corrected chi connectivity index (χ3v) is 5.74. The van der Waals surface area contributed by atoms with Crippen LogP contribution < -0.4 is 20.5 Å². The Morgan fingerprint density at radius 3 is 2.66 bits per heavy atom. The average Bonchev–Trinajstić information content (AvgIpc) is 3.04. The number of nitrogens with zero attached hydrogens (tertiary/aromatic N) is 1. The van der Waals surface area contributed by atoms with Crippen molar-refractivity contribution in [1.29, 1.82) is 0 Å². The number of ether oxygens (including phenoxy) is 2. The quantitative estimate of drug-likeness (QED) is 0.659. The van der Waals surface area contributed by atoms with Crippen LogP contribution in [0.25, 0.3) is 0 Å². The lowest BCUT2D eigenvalue weighted by Crippen LogP contribution is -2.31. The molecule has 3 N–H and O–H groups in total. The van der Waals surface area contributed by atoms with E-state index < -0.39 is 5.91 Å². The zero-order valence-corrected chi connectivity index (χ0v) is 18.2. The van der Waals surface area contributed by atoms with Crippen LogP contribution in [0.3, 0.4) is 0 Å². The number of hydrogen-bond acceptors (Lipinski definition) is 6. The maximum atomic E-state index is 12.4. The minimum atomic E-state index is -0.512. The fourth-order valence-corrected chi connectivity index (χ4v) is 4.67. The van der Waals surface area contributed by atoms with E-state index in [0.29, 0.717) is 22.1 Å². The molecule has 2 amide bonds. The monoisotopic (exact) mass is 439 g/mol. The molecule has 1 aliphatic heterocycles. The standard InChI is InChI=1S/C20H25N3O4S.ClH/c1-3-9-23-10-8-13-16(11-23)28-20(18(13)19(21)25)22-17(24)12-27-15-7-5-4-6-14(15)26-2;/h4-7H,3,8-12H2,1-2H3,(H2,21,25)(H,22,24);1H. The van der Waals surface area contributed by atoms with Crippen molar-refractivity contribution in [3.63, 3.8) is 0 Å². The Kier molecular flexibility index (Phi) is 8.31. The van der Waals surface area contributed by atoms with Gasteiger partial charge in [-0.15, -0.1) is 23.7 Å². The Morgan fingerprint density at radius 1 is 1.28 bits per heavy atom. The number of rotatable bonds is 8. The molecule has 2 heterocycles. The predicted molar refractivity (Wildman–Crippen MR) is 116 cm³/mol. The second-order valence-corrected chi connectivity index (χ2v) is 7.69. The highest BCUT2D eigenvalue weighted by Crippen LogP contribution is 2.37. The molecule has 1 aromatic carbocycles. The summed E-state index contributed by atoms with van der Waals surface area (Å²) >= 11 is 1.42. The zero-order valence-electron chi connectivity index (χ0n) is 16.5. The van der Waals surface area contributed by atoms with Gasteiger partial charge in [0.15, 0.2) is 18.1 Å². The molecule has 1 aromatic heterocycles. The number of benzene rings is 1. The van der Waals surface area contributed by atoms with Gasteiger partial charge in [-0.25, -0.2) is 0 Å². The number of halogens is 1. The maximum Gasteiger partial charge on any atom is 0.262 e. The lowest BCUT2D eigenvalue weighted by Gasteiger charge is -2.26. The van der Waals surface area contributed by atoms with Crippen LogP contribution in [0.1, 0.15) is 34.1 Å². The van der Waals surface area contributed by atoms with Gasteiger partial charge in [0.2, 0.25) is 0 Å². The fourth-order valence-electron chi connectivity index (χ4n) is 3.36. The van der Waals surface area contributed by atoms with Gasteiger partial charge in [0, 0.05) is 18.0 Å². The van der Waals surface area contributed by atoms with E-state index in [0.717, 1.165) is 42.9 Å². The molecule has 0 spiro atoms. The van der Waals surface area contributed by atoms with E-state index in [1.165, 1.54) is 11.3 Å². The van der Waals surface area contributed by atoms with Crippen molar-refractivity contribution in [3.8, 4) is 11.5 Å². The number of amides is 2. The lowest BCUT2D eigenvalue weighted by molar-refractivity contribution is -0.118. The molecule has 3 rings (SSSR count). The summed E-state index contributed by atoms with van der Waals surface area (Å²) in [6.07, 6.45) is 1.84. The van der Waals surface area contributed by atoms with Crippen molar-refractivity contribution in [2.75, 3.05) is 32.1 Å². The minimum absolute atomic E-state index is 0. The van der Waals surface area contributed by atoms with E-state index in [-0.39, 0.29) is 24.9 Å². The number of hydrogen-bond donors (Lipinski definition) is 2. The first kappa shape index (κ1) is 23.0. The Labute approximate surface area is 180 Å². The van der Waals surface area contributed by atoms with E-state index in [1.54, 1.807) is 25.3 Å². The van der Waals surface area contributed by atoms with Crippen LogP contribution >= 0.6 is 23.7 Å². The van der Waals surface area contributed by atoms with Crippen LogP contribution in [0.15, 0.2) is 24.3 Å². The summed E-state index contributed by atoms with van der Waals surface area (Å²) in [4.78, 5) is 27.9. The molecule has 0 radical (unpaired) electrons. The van der Waals surface area contributed by atoms with Gasteiger partial charge in [-0.2, -0.15) is 0 Å². The summed E-state index contributed by atoms with van der Waals surface area (Å²) in [5.74, 6) is 0.173. The number of carbonyl (C=O) groups excluding carboxylic acids is 2. The highest BCUT2D eigenvalue weighted by Gasteiger charge is 2.27. The van der Waals surface area contributed by atoms with Crippen LogP contribution in [0.2, 0.25) is 0 Å². The fraction of sp³-hybridized carbons (Fsp3) is 0.400. The van der Waals surface area contributed by atoms with E-state index in [2.05, 4.69) is 17.1 Å². The van der Waals surface area contributed by atoms with Gasteiger partial charge in [0.25, 0.3) is 11.8 Å². The smallest absolute Gasteiger partial charge is 0.262 e. The molecular weight excluding hydrogens is 414 g/mol. The Bertz CT molecular complexity index is 871. The number of carbonyl (C=O) groups is 2. The number of nitrogens with one attached hydrogen (secondary N) is 1. The van der Waals surface area contributed by atoms with Crippen molar-refractivity contribution >= 4 is 40.6 Å². The first-order chi connectivity index (χ1) is 13.5. The topological polar surface area (TPSA) is 93.9 Å². The van der Waals surface area contributed by atoms with Crippen molar-refractivity contribution in [2.24, 2.45) is 5.73 Å². The van der Waals surface area contributed by atoms with Crippen LogP contribution in [0.4, 0.5) is 5.00 Å². The van der Waals surface area contributed by atoms with Gasteiger partial charge in [-0.05, 0) is 37.1 Å². The number of para-hydroxylation sites is 2. The summed E-state index contributed by atoms with van der Waals surface area (Å²) in [6, 6.07) is 7.11. The molecule has 0 bridgehead atoms. The molecular formula is C20H26ClN3O4S. The van der Waals surface area contributed by atoms with Crippen molar-refractivity contribution < 1.29 is 19.1 Å². The third kappa shape index (κ3) is 5.41. The first-order valence-corrected chi connectivity index (χ1v) is 10.1. The highest BCUT2D eigenvalue weighted by atomic mass is 35.5. The van der Waals surface area contributed by atoms with Gasteiger partial charge in [0.05, 0.1) is 12.7 Å². The van der Waals surface area contributed by atoms with Gasteiger partial charge in [-0.1, -0.05) is 19.1 Å². The molecule has 0 unspecified atom stereocenters. The lowest BCUT2D eigenvalue weighted by atomic mass is 10.0. The van der Waals surface area contributed by atoms with E-state index >= 15 is 0 Å². The summed E-state index contributed by atoms with van der Waals surface area (Å²) in [5.41, 5.74) is 7.01. The second-order valence-electron chi connectivity index (χ2n) is 6.59. The minimum Gasteiger partial charge on any atom is -0.493 e. The van der Waals surface area contributed by atoms with Crippen LogP contribution in [-0.2, 0) is 17.8 Å². The summed E-state index contributed by atoms with van der Waals surface area (Å²) in [5, 5.41) is 3.30. The molecule has 0 aliphatic carbocycles. The SMILES string of the molecule is CCCN1CCc2c(sc(NC(=O)COc3ccccc3OC)c2C(N)=O)C1.Cl. The predicted octanol–water partition coefficient (Wildman–Crippen LogP) is 3.06. The normalized spacial score (nSPS) is 13.2. The molecule has 0 fully saturated rings. The molecule has 9 heteroatoms. The highest BCUT2D eigenvalue weighted by molar-refractivity contribution is 7.17. The molecule has 0 atom stereocenters. The maximum absolute atomic E-state index is 12.4. The van der Waals surface area contributed by atoms with E-state index in [9.17, 15) is 9.59 Å². The number of fused-ring (bicyclic) bond motifs is 1. The van der Waals surface area contributed by atoms with E-state index in [1.807, 2.05) is 6.07 Å². The summed E-state index contributed by atoms with van der Waals surface area (Å²) in [6.45, 7) is 4.64. The molecule has 7 nitrogen and oxygen atoms in total. The summed E-state index contributed by atoms with van der Waals surface area (Å²) < 4.78 is 10.8. The van der Waals surface area contributed by atoms with Gasteiger partial charge in [-0.3, -0.25) is 14.5 Å². The van der Waals surface area contributed by atoms with Crippen LogP contribution in [-0.4, -0.2) is 43.5 Å². The molecule has 0 saturated carbocycles. The number of nitrogens with two attached hydrogens (primary N) is 1. The van der Waals surface area contributed by atoms with Gasteiger partial charge in [0.1, 0.15) is 5.00 Å². The first-order valence-electron chi connectivity index (χ1n) is 9.25. The summed E-state index contributed by atoms with van der Waals surface area (Å²) in [7, 11) is 1.54. The largest absolute Gasteiger partial charge is 0.493 e. The van der Waals surface area contributed by atoms with Crippen molar-refractivity contribution in [2.45, 2.75) is 26.3 Å². The van der Waals surface area contributed by atoms with Gasteiger partial charge >= 0.3 is 0 Å². The number of methoxy groups -OCH3 is 1. The number of thiophene rings is 1. The molecule has 158 valence electrons. The van der Waals surface area contributed by atoms with Gasteiger partial charge < -0.3 is 20.5 Å². The Balaban J connectivity index is 0.00000300. The van der Waals surface area contributed by atoms with E-state index in [4.69, 9.17) is 15.2 Å². The Morgan fingerprint density at radius 2 is 2.00 bits per heavy atom. The average molecular weight is 440 g/mol. The molecule has 2 aromatic rings. The molecule has 0 saturated heterocycles. The number of primary amides is 1. The van der Waals surface area contributed by atoms with Crippen LogP contribution in [0, 0.1) is 0 Å².